The SMILES string of the molecule is CCN(Cc1cccc(Cl)c1)Cc1nnnn1-c1ccc(C(F)(F)F)cc1. The Hall–Kier alpha value is -2.45. The van der Waals surface area contributed by atoms with Crippen molar-refractivity contribution in [3.63, 3.8) is 0 Å². The summed E-state index contributed by atoms with van der Waals surface area (Å²) in [6.45, 7) is 3.84. The Balaban J connectivity index is 1.77. The van der Waals surface area contributed by atoms with Gasteiger partial charge in [-0.1, -0.05) is 30.7 Å². The third kappa shape index (κ3) is 4.84. The van der Waals surface area contributed by atoms with E-state index in [0.29, 0.717) is 29.6 Å². The molecule has 0 saturated carbocycles. The standard InChI is InChI=1S/C18H17ClF3N5/c1-2-26(11-13-4-3-5-15(19)10-13)12-17-23-24-25-27(17)16-8-6-14(7-9-16)18(20,21)22/h3-10H,2,11-12H2,1H3. The molecule has 0 unspecified atom stereocenters. The lowest BCUT2D eigenvalue weighted by molar-refractivity contribution is -0.137. The summed E-state index contributed by atoms with van der Waals surface area (Å²) in [5.74, 6) is 0.540. The van der Waals surface area contributed by atoms with Crippen molar-refractivity contribution in [2.75, 3.05) is 6.54 Å². The normalized spacial score (nSPS) is 11.9. The molecule has 142 valence electrons. The van der Waals surface area contributed by atoms with E-state index in [1.807, 2.05) is 31.2 Å². The molecule has 0 spiro atoms. The minimum absolute atomic E-state index is 0.442. The molecule has 0 aliphatic rings. The van der Waals surface area contributed by atoms with Crippen molar-refractivity contribution in [1.29, 1.82) is 0 Å². The van der Waals surface area contributed by atoms with Crippen LogP contribution < -0.4 is 0 Å². The first-order chi connectivity index (χ1) is 12.9. The summed E-state index contributed by atoms with van der Waals surface area (Å²) in [5.41, 5.74) is 0.816. The Morgan fingerprint density at radius 1 is 1.07 bits per heavy atom. The van der Waals surface area contributed by atoms with E-state index in [2.05, 4.69) is 20.4 Å². The molecule has 0 saturated heterocycles. The van der Waals surface area contributed by atoms with Gasteiger partial charge >= 0.3 is 6.18 Å². The Morgan fingerprint density at radius 2 is 1.81 bits per heavy atom. The molecule has 0 N–H and O–H groups in total. The molecular formula is C18H17ClF3N5. The first-order valence-corrected chi connectivity index (χ1v) is 8.66. The molecule has 0 atom stereocenters. The van der Waals surface area contributed by atoms with Gasteiger partial charge in [-0.2, -0.15) is 17.9 Å². The first-order valence-electron chi connectivity index (χ1n) is 8.28. The van der Waals surface area contributed by atoms with E-state index in [9.17, 15) is 13.2 Å². The molecule has 1 aromatic heterocycles. The van der Waals surface area contributed by atoms with E-state index in [-0.39, 0.29) is 0 Å². The van der Waals surface area contributed by atoms with Gasteiger partial charge in [-0.25, -0.2) is 0 Å². The van der Waals surface area contributed by atoms with E-state index in [0.717, 1.165) is 24.2 Å². The predicted molar refractivity (Wildman–Crippen MR) is 95.4 cm³/mol. The van der Waals surface area contributed by atoms with Crippen LogP contribution in [-0.2, 0) is 19.3 Å². The molecule has 2 aromatic carbocycles. The highest BCUT2D eigenvalue weighted by atomic mass is 35.5. The van der Waals surface area contributed by atoms with Crippen molar-refractivity contribution in [2.45, 2.75) is 26.2 Å². The minimum atomic E-state index is -4.38. The summed E-state index contributed by atoms with van der Waals surface area (Å²) in [5, 5.41) is 12.3. The van der Waals surface area contributed by atoms with E-state index < -0.39 is 11.7 Å². The molecule has 27 heavy (non-hydrogen) atoms. The molecule has 0 aliphatic carbocycles. The van der Waals surface area contributed by atoms with Gasteiger partial charge in [0.25, 0.3) is 0 Å². The van der Waals surface area contributed by atoms with Crippen LogP contribution in [0.15, 0.2) is 48.5 Å². The summed E-state index contributed by atoms with van der Waals surface area (Å²) in [6.07, 6.45) is -4.38. The number of rotatable bonds is 6. The van der Waals surface area contributed by atoms with Crippen LogP contribution in [0.2, 0.25) is 5.02 Å². The van der Waals surface area contributed by atoms with Gasteiger partial charge in [0.05, 0.1) is 17.8 Å². The van der Waals surface area contributed by atoms with Crippen LogP contribution in [0.25, 0.3) is 5.69 Å². The second-order valence-corrected chi connectivity index (χ2v) is 6.42. The molecular weight excluding hydrogens is 379 g/mol. The largest absolute Gasteiger partial charge is 0.416 e. The van der Waals surface area contributed by atoms with Crippen LogP contribution in [0.4, 0.5) is 13.2 Å². The van der Waals surface area contributed by atoms with Crippen molar-refractivity contribution in [3.8, 4) is 5.69 Å². The van der Waals surface area contributed by atoms with Gasteiger partial charge in [-0.05, 0) is 58.9 Å². The summed E-state index contributed by atoms with van der Waals surface area (Å²) < 4.78 is 39.6. The minimum Gasteiger partial charge on any atom is -0.292 e. The van der Waals surface area contributed by atoms with E-state index >= 15 is 0 Å². The summed E-state index contributed by atoms with van der Waals surface area (Å²) >= 11 is 6.03. The first kappa shape index (κ1) is 19.3. The Bertz CT molecular complexity index is 893. The van der Waals surface area contributed by atoms with Crippen molar-refractivity contribution < 1.29 is 13.2 Å². The van der Waals surface area contributed by atoms with E-state index in [1.54, 1.807) is 0 Å². The summed E-state index contributed by atoms with van der Waals surface area (Å²) in [6, 6.07) is 12.3. The lowest BCUT2D eigenvalue weighted by Crippen LogP contribution is -2.24. The number of alkyl halides is 3. The molecule has 9 heteroatoms. The van der Waals surface area contributed by atoms with Gasteiger partial charge in [-0.3, -0.25) is 4.90 Å². The van der Waals surface area contributed by atoms with Gasteiger partial charge < -0.3 is 0 Å². The second-order valence-electron chi connectivity index (χ2n) is 5.98. The molecule has 5 nitrogen and oxygen atoms in total. The molecule has 3 aromatic rings. The molecule has 0 aliphatic heterocycles. The number of hydrogen-bond acceptors (Lipinski definition) is 4. The van der Waals surface area contributed by atoms with Gasteiger partial charge in [0.1, 0.15) is 0 Å². The lowest BCUT2D eigenvalue weighted by atomic mass is 10.2. The summed E-state index contributed by atoms with van der Waals surface area (Å²) in [4.78, 5) is 2.11. The Labute approximate surface area is 159 Å². The van der Waals surface area contributed by atoms with Crippen molar-refractivity contribution in [3.05, 3.63) is 70.5 Å². The van der Waals surface area contributed by atoms with Crippen LogP contribution in [0.1, 0.15) is 23.9 Å². The van der Waals surface area contributed by atoms with Crippen molar-refractivity contribution in [1.82, 2.24) is 25.1 Å². The zero-order chi connectivity index (χ0) is 19.4. The fourth-order valence-corrected chi connectivity index (χ4v) is 2.88. The zero-order valence-corrected chi connectivity index (χ0v) is 15.2. The number of hydrogen-bond donors (Lipinski definition) is 0. The van der Waals surface area contributed by atoms with Crippen LogP contribution in [0, 0.1) is 0 Å². The molecule has 0 fully saturated rings. The quantitative estimate of drug-likeness (QED) is 0.622. The fourth-order valence-electron chi connectivity index (χ4n) is 2.67. The molecule has 1 heterocycles. The van der Waals surface area contributed by atoms with Crippen LogP contribution in [0.5, 0.6) is 0 Å². The average molecular weight is 396 g/mol. The fraction of sp³-hybridized carbons (Fsp3) is 0.278. The topological polar surface area (TPSA) is 46.8 Å². The average Bonchev–Trinajstić information content (AvgIpc) is 3.08. The number of nitrogens with zero attached hydrogens (tertiary/aromatic N) is 5. The van der Waals surface area contributed by atoms with E-state index in [1.165, 1.54) is 16.8 Å². The lowest BCUT2D eigenvalue weighted by Gasteiger charge is -2.20. The van der Waals surface area contributed by atoms with Crippen molar-refractivity contribution >= 4 is 11.6 Å². The number of aromatic nitrogens is 4. The monoisotopic (exact) mass is 395 g/mol. The molecule has 3 rings (SSSR count). The third-order valence-electron chi connectivity index (χ3n) is 4.08. The predicted octanol–water partition coefficient (Wildman–Crippen LogP) is 4.36. The van der Waals surface area contributed by atoms with Crippen LogP contribution in [0.3, 0.4) is 0 Å². The number of tetrazole rings is 1. The highest BCUT2D eigenvalue weighted by Crippen LogP contribution is 2.29. The van der Waals surface area contributed by atoms with Gasteiger partial charge in [0.2, 0.25) is 0 Å². The Kier molecular flexibility index (Phi) is 5.76. The highest BCUT2D eigenvalue weighted by molar-refractivity contribution is 6.30. The smallest absolute Gasteiger partial charge is 0.292 e. The molecule has 0 amide bonds. The summed E-state index contributed by atoms with van der Waals surface area (Å²) in [7, 11) is 0. The maximum absolute atomic E-state index is 12.7. The Morgan fingerprint density at radius 3 is 2.44 bits per heavy atom. The van der Waals surface area contributed by atoms with Crippen LogP contribution >= 0.6 is 11.6 Å². The number of benzene rings is 2. The molecule has 0 bridgehead atoms. The van der Waals surface area contributed by atoms with Crippen LogP contribution in [-0.4, -0.2) is 31.7 Å². The van der Waals surface area contributed by atoms with E-state index in [4.69, 9.17) is 11.6 Å². The molecule has 0 radical (unpaired) electrons. The zero-order valence-electron chi connectivity index (χ0n) is 14.5. The maximum atomic E-state index is 12.7. The van der Waals surface area contributed by atoms with Gasteiger partial charge in [0.15, 0.2) is 5.82 Å². The van der Waals surface area contributed by atoms with Gasteiger partial charge in [-0.15, -0.1) is 5.10 Å². The number of halogens is 4. The van der Waals surface area contributed by atoms with Gasteiger partial charge in [0, 0.05) is 11.6 Å². The maximum Gasteiger partial charge on any atom is 0.416 e. The highest BCUT2D eigenvalue weighted by Gasteiger charge is 2.30. The third-order valence-corrected chi connectivity index (χ3v) is 4.32. The second kappa shape index (κ2) is 8.06. The van der Waals surface area contributed by atoms with Crippen molar-refractivity contribution in [2.24, 2.45) is 0 Å².